The van der Waals surface area contributed by atoms with Gasteiger partial charge in [-0.25, -0.2) is 17.5 Å². The average molecular weight is 695 g/mol. The summed E-state index contributed by atoms with van der Waals surface area (Å²) in [5.74, 6) is -2.39. The third kappa shape index (κ3) is 10.5. The van der Waals surface area contributed by atoms with Crippen molar-refractivity contribution >= 4 is 39.3 Å². The van der Waals surface area contributed by atoms with E-state index in [1.807, 2.05) is 48.5 Å². The second kappa shape index (κ2) is 16.0. The highest BCUT2D eigenvalue weighted by atomic mass is 32.2. The first-order valence-electron chi connectivity index (χ1n) is 17.4. The van der Waals surface area contributed by atoms with Crippen LogP contribution in [0.25, 0.3) is 0 Å². The summed E-state index contributed by atoms with van der Waals surface area (Å²) in [6, 6.07) is -2.95. The summed E-state index contributed by atoms with van der Waals surface area (Å²) in [7, 11) is -2.05. The van der Waals surface area contributed by atoms with Crippen molar-refractivity contribution in [2.75, 3.05) is 26.4 Å². The molecule has 11 nitrogen and oxygen atoms in total. The van der Waals surface area contributed by atoms with Crippen LogP contribution in [0.1, 0.15) is 107 Å². The summed E-state index contributed by atoms with van der Waals surface area (Å²) in [6.45, 7) is 21.5. The van der Waals surface area contributed by atoms with E-state index in [-0.39, 0.29) is 48.3 Å². The van der Waals surface area contributed by atoms with Crippen LogP contribution < -0.4 is 10.6 Å². The number of carbonyl (C=O) groups is 5. The van der Waals surface area contributed by atoms with E-state index in [1.165, 1.54) is 11.4 Å². The van der Waals surface area contributed by atoms with Gasteiger partial charge >= 0.3 is 6.03 Å². The van der Waals surface area contributed by atoms with E-state index in [0.717, 1.165) is 19.1 Å². The number of allylic oxidation sites excluding steroid dienone is 1. The van der Waals surface area contributed by atoms with Gasteiger partial charge in [0.05, 0.1) is 12.3 Å². The van der Waals surface area contributed by atoms with E-state index in [1.54, 1.807) is 11.0 Å². The molecule has 1 unspecified atom stereocenters. The number of likely N-dealkylation sites (tertiary alicyclic amines) is 1. The average Bonchev–Trinajstić information content (AvgIpc) is 3.48. The largest absolute Gasteiger partial charge is 0.334 e. The number of hydrogen-bond acceptors (Lipinski definition) is 7. The first kappa shape index (κ1) is 41.6. The molecule has 1 heterocycles. The third-order valence-corrected chi connectivity index (χ3v) is 11.7. The van der Waals surface area contributed by atoms with Crippen molar-refractivity contribution in [3.63, 3.8) is 0 Å². The minimum atomic E-state index is -3.50. The van der Waals surface area contributed by atoms with Crippen LogP contribution >= 0.6 is 0 Å². The molecule has 2 rings (SSSR count). The summed E-state index contributed by atoms with van der Waals surface area (Å²) in [5.41, 5.74) is -1.36. The van der Waals surface area contributed by atoms with Crippen molar-refractivity contribution in [2.24, 2.45) is 34.0 Å². The lowest BCUT2D eigenvalue weighted by molar-refractivity contribution is -0.144. The molecule has 12 heteroatoms. The molecular formula is C36H62N4O7S. The number of ketones is 3. The Labute approximate surface area is 289 Å². The van der Waals surface area contributed by atoms with Crippen molar-refractivity contribution in [2.45, 2.75) is 125 Å². The summed E-state index contributed by atoms with van der Waals surface area (Å²) in [4.78, 5) is 69.8. The van der Waals surface area contributed by atoms with Crippen molar-refractivity contribution in [3.8, 4) is 0 Å². The Morgan fingerprint density at radius 1 is 1.04 bits per heavy atom. The summed E-state index contributed by atoms with van der Waals surface area (Å²) >= 11 is 0. The molecule has 0 spiro atoms. The van der Waals surface area contributed by atoms with Crippen LogP contribution in [-0.2, 0) is 29.2 Å². The van der Waals surface area contributed by atoms with Crippen molar-refractivity contribution in [1.82, 2.24) is 19.8 Å². The number of urea groups is 1. The standard InChI is InChI=1S/C36H62N4O7S/c1-13-15-17-26(41)30(43)23(16-14-2)20-27(42)29-24-18-19-36(9,10)25(24)21-40(29)32(44)31(35(6,7)8)38-33(45)37-28(34(3,4)5)22-39(11)48(12,46)47/h13,23-25,28-29,31H,1,14-22H2,2-12H3,(H2,37,38,45)/t23?,24-,25-,28+,29-,31+/m0/s1. The van der Waals surface area contributed by atoms with Crippen LogP contribution in [-0.4, -0.2) is 91.4 Å². The Morgan fingerprint density at radius 2 is 1.65 bits per heavy atom. The molecule has 274 valence electrons. The molecule has 0 aromatic heterocycles. The van der Waals surface area contributed by atoms with Crippen LogP contribution in [0.2, 0.25) is 0 Å². The Kier molecular flexibility index (Phi) is 13.8. The molecule has 6 atom stereocenters. The highest BCUT2D eigenvalue weighted by Gasteiger charge is 2.57. The monoisotopic (exact) mass is 694 g/mol. The van der Waals surface area contributed by atoms with E-state index in [2.05, 4.69) is 31.1 Å². The predicted octanol–water partition coefficient (Wildman–Crippen LogP) is 4.75. The van der Waals surface area contributed by atoms with Gasteiger partial charge in [0, 0.05) is 44.9 Å². The molecule has 2 fully saturated rings. The van der Waals surface area contributed by atoms with Crippen LogP contribution in [0, 0.1) is 34.0 Å². The van der Waals surface area contributed by atoms with Gasteiger partial charge < -0.3 is 15.5 Å². The minimum absolute atomic E-state index is 0.0404. The van der Waals surface area contributed by atoms with Gasteiger partial charge in [0.1, 0.15) is 6.04 Å². The molecule has 1 saturated heterocycles. The van der Waals surface area contributed by atoms with E-state index in [9.17, 15) is 32.4 Å². The first-order valence-corrected chi connectivity index (χ1v) is 19.2. The Hall–Kier alpha value is -2.60. The maximum Gasteiger partial charge on any atom is 0.315 e. The van der Waals surface area contributed by atoms with Gasteiger partial charge in [-0.15, -0.1) is 6.58 Å². The SMILES string of the molecule is C=CCCC(=O)C(=O)C(CCC)CC(=O)[C@@H]1[C@H]2CCC(C)(C)[C@H]2CN1C(=O)[C@@H](NC(=O)N[C@H](CN(C)S(C)(=O)=O)C(C)(C)C)C(C)(C)C. The number of nitrogens with zero attached hydrogens (tertiary/aromatic N) is 2. The maximum absolute atomic E-state index is 14.6. The minimum Gasteiger partial charge on any atom is -0.334 e. The zero-order valence-electron chi connectivity index (χ0n) is 31.3. The van der Waals surface area contributed by atoms with Crippen LogP contribution in [0.15, 0.2) is 12.7 Å². The van der Waals surface area contributed by atoms with Gasteiger partial charge in [0.15, 0.2) is 11.6 Å². The Balaban J connectivity index is 2.42. The van der Waals surface area contributed by atoms with Gasteiger partial charge in [-0.3, -0.25) is 19.2 Å². The second-order valence-corrected chi connectivity index (χ2v) is 19.0. The van der Waals surface area contributed by atoms with Crippen LogP contribution in [0.3, 0.4) is 0 Å². The number of Topliss-reactive ketones (excluding diaryl/α,β-unsaturated/α-hetero) is 3. The van der Waals surface area contributed by atoms with Gasteiger partial charge in [-0.05, 0) is 53.8 Å². The Morgan fingerprint density at radius 3 is 2.15 bits per heavy atom. The van der Waals surface area contributed by atoms with E-state index in [4.69, 9.17) is 0 Å². The number of nitrogens with one attached hydrogen (secondary N) is 2. The highest BCUT2D eigenvalue weighted by Crippen LogP contribution is 2.53. The quantitative estimate of drug-likeness (QED) is 0.175. The molecule has 2 aliphatic rings. The number of sulfonamides is 1. The molecule has 0 bridgehead atoms. The van der Waals surface area contributed by atoms with Crippen molar-refractivity contribution in [1.29, 1.82) is 0 Å². The highest BCUT2D eigenvalue weighted by molar-refractivity contribution is 7.88. The molecular weight excluding hydrogens is 632 g/mol. The van der Waals surface area contributed by atoms with Gasteiger partial charge in [-0.2, -0.15) is 0 Å². The topological polar surface area (TPSA) is 150 Å². The molecule has 1 saturated carbocycles. The zero-order valence-corrected chi connectivity index (χ0v) is 32.1. The number of likely N-dealkylation sites (N-methyl/N-ethyl adjacent to an activating group) is 1. The smallest absolute Gasteiger partial charge is 0.315 e. The molecule has 1 aliphatic heterocycles. The number of hydrogen-bond donors (Lipinski definition) is 2. The maximum atomic E-state index is 14.6. The van der Waals surface area contributed by atoms with Crippen molar-refractivity contribution < 1.29 is 32.4 Å². The zero-order chi connectivity index (χ0) is 37.0. The summed E-state index contributed by atoms with van der Waals surface area (Å²) in [6.07, 6.45) is 5.74. The number of amides is 3. The lowest BCUT2D eigenvalue weighted by Crippen LogP contribution is -2.61. The summed E-state index contributed by atoms with van der Waals surface area (Å²) < 4.78 is 25.5. The summed E-state index contributed by atoms with van der Waals surface area (Å²) in [5, 5.41) is 5.78. The van der Waals surface area contributed by atoms with Gasteiger partial charge in [0.2, 0.25) is 21.7 Å². The van der Waals surface area contributed by atoms with E-state index >= 15 is 0 Å². The lowest BCUT2D eigenvalue weighted by atomic mass is 9.78. The van der Waals surface area contributed by atoms with Gasteiger partial charge in [0.25, 0.3) is 0 Å². The fourth-order valence-electron chi connectivity index (χ4n) is 7.16. The Bertz CT molecular complexity index is 1330. The van der Waals surface area contributed by atoms with E-state index < -0.39 is 62.5 Å². The molecule has 0 aromatic rings. The molecule has 3 amide bonds. The molecule has 0 aromatic carbocycles. The van der Waals surface area contributed by atoms with Crippen LogP contribution in [0.5, 0.6) is 0 Å². The lowest BCUT2D eigenvalue weighted by Gasteiger charge is -2.38. The third-order valence-electron chi connectivity index (χ3n) is 10.4. The number of fused-ring (bicyclic) bond motifs is 1. The van der Waals surface area contributed by atoms with Crippen molar-refractivity contribution in [3.05, 3.63) is 12.7 Å². The molecule has 1 aliphatic carbocycles. The molecule has 48 heavy (non-hydrogen) atoms. The molecule has 0 radical (unpaired) electrons. The predicted molar refractivity (Wildman–Crippen MR) is 189 cm³/mol. The number of rotatable bonds is 16. The fraction of sp³-hybridized carbons (Fsp3) is 0.806. The normalized spacial score (nSPS) is 22.8. The molecule has 2 N–H and O–H groups in total. The second-order valence-electron chi connectivity index (χ2n) is 16.9. The number of carbonyl (C=O) groups excluding carboxylic acids is 5. The van der Waals surface area contributed by atoms with E-state index in [0.29, 0.717) is 25.8 Å². The van der Waals surface area contributed by atoms with Gasteiger partial charge in [-0.1, -0.05) is 74.8 Å². The first-order chi connectivity index (χ1) is 21.9. The fourth-order valence-corrected chi connectivity index (χ4v) is 7.58. The van der Waals surface area contributed by atoms with Crippen LogP contribution in [0.4, 0.5) is 4.79 Å².